The lowest BCUT2D eigenvalue weighted by Crippen LogP contribution is -2.09. The predicted molar refractivity (Wildman–Crippen MR) is 102 cm³/mol. The third-order valence-corrected chi connectivity index (χ3v) is 4.61. The quantitative estimate of drug-likeness (QED) is 0.633. The minimum absolute atomic E-state index is 0.295. The lowest BCUT2D eigenvalue weighted by Gasteiger charge is -2.08. The second kappa shape index (κ2) is 7.19. The normalized spacial score (nSPS) is 14.4. The van der Waals surface area contributed by atoms with E-state index < -0.39 is 5.97 Å². The number of hydrogen-bond donors (Lipinski definition) is 0. The second-order valence-corrected chi connectivity index (χ2v) is 6.36. The van der Waals surface area contributed by atoms with Crippen molar-refractivity contribution in [1.29, 1.82) is 0 Å². The van der Waals surface area contributed by atoms with Crippen LogP contribution in [0.1, 0.15) is 40.7 Å². The SMILES string of the molecule is CCOC(=O)c1nn(-c2ccc(F)cc2)c2c1CCC2=Cc1ccccc1. The molecule has 3 aromatic rings. The van der Waals surface area contributed by atoms with Crippen molar-refractivity contribution in [3.63, 3.8) is 0 Å². The fourth-order valence-electron chi connectivity index (χ4n) is 3.42. The number of carbonyl (C=O) groups is 1. The zero-order chi connectivity index (χ0) is 18.8. The number of esters is 1. The summed E-state index contributed by atoms with van der Waals surface area (Å²) in [5.74, 6) is -0.733. The molecule has 4 rings (SSSR count). The van der Waals surface area contributed by atoms with E-state index in [4.69, 9.17) is 4.74 Å². The molecule has 27 heavy (non-hydrogen) atoms. The Morgan fingerprint density at radius 1 is 1.15 bits per heavy atom. The Bertz CT molecular complexity index is 1000. The standard InChI is InChI=1S/C22H19FN2O2/c1-2-27-22(26)20-19-13-8-16(14-15-6-4-3-5-7-15)21(19)25(24-20)18-11-9-17(23)10-12-18/h3-7,9-12,14H,2,8,13H2,1H3. The van der Waals surface area contributed by atoms with E-state index in [9.17, 15) is 9.18 Å². The Kier molecular flexibility index (Phi) is 4.59. The third-order valence-electron chi connectivity index (χ3n) is 4.61. The van der Waals surface area contributed by atoms with Crippen molar-refractivity contribution in [3.8, 4) is 5.69 Å². The van der Waals surface area contributed by atoms with Gasteiger partial charge in [-0.25, -0.2) is 13.9 Å². The van der Waals surface area contributed by atoms with E-state index in [0.717, 1.165) is 35.2 Å². The van der Waals surface area contributed by atoms with Gasteiger partial charge in [0.2, 0.25) is 0 Å². The molecule has 1 aromatic heterocycles. The number of carbonyl (C=O) groups excluding carboxylic acids is 1. The molecule has 1 aliphatic rings. The fourth-order valence-corrected chi connectivity index (χ4v) is 3.42. The van der Waals surface area contributed by atoms with Gasteiger partial charge in [-0.1, -0.05) is 30.3 Å². The molecule has 0 saturated carbocycles. The number of ether oxygens (including phenoxy) is 1. The Hall–Kier alpha value is -3.21. The number of halogens is 1. The van der Waals surface area contributed by atoms with Crippen molar-refractivity contribution >= 4 is 17.6 Å². The average molecular weight is 362 g/mol. The van der Waals surface area contributed by atoms with E-state index >= 15 is 0 Å². The van der Waals surface area contributed by atoms with Gasteiger partial charge >= 0.3 is 5.97 Å². The van der Waals surface area contributed by atoms with Crippen LogP contribution < -0.4 is 0 Å². The number of allylic oxidation sites excluding steroid dienone is 1. The highest BCUT2D eigenvalue weighted by atomic mass is 19.1. The molecule has 0 spiro atoms. The molecule has 4 nitrogen and oxygen atoms in total. The van der Waals surface area contributed by atoms with Crippen molar-refractivity contribution in [2.75, 3.05) is 6.61 Å². The Balaban J connectivity index is 1.86. The van der Waals surface area contributed by atoms with Crippen LogP contribution in [0.15, 0.2) is 54.6 Å². The highest BCUT2D eigenvalue weighted by Gasteiger charge is 2.30. The monoisotopic (exact) mass is 362 g/mol. The summed E-state index contributed by atoms with van der Waals surface area (Å²) >= 11 is 0. The van der Waals surface area contributed by atoms with Crippen LogP contribution in [-0.4, -0.2) is 22.4 Å². The van der Waals surface area contributed by atoms with Crippen LogP contribution in [0.4, 0.5) is 4.39 Å². The number of aromatic nitrogens is 2. The molecule has 0 aliphatic heterocycles. The fraction of sp³-hybridized carbons (Fsp3) is 0.182. The maximum absolute atomic E-state index is 13.4. The summed E-state index contributed by atoms with van der Waals surface area (Å²) in [6.45, 7) is 2.07. The highest BCUT2D eigenvalue weighted by Crippen LogP contribution is 2.37. The van der Waals surface area contributed by atoms with E-state index in [2.05, 4.69) is 11.2 Å². The van der Waals surface area contributed by atoms with Crippen molar-refractivity contribution in [3.05, 3.63) is 82.9 Å². The average Bonchev–Trinajstić information content (AvgIpc) is 3.25. The molecule has 0 amide bonds. The topological polar surface area (TPSA) is 44.1 Å². The van der Waals surface area contributed by atoms with Crippen molar-refractivity contribution < 1.29 is 13.9 Å². The van der Waals surface area contributed by atoms with E-state index in [1.807, 2.05) is 30.3 Å². The van der Waals surface area contributed by atoms with E-state index in [-0.39, 0.29) is 5.82 Å². The molecular formula is C22H19FN2O2. The van der Waals surface area contributed by atoms with Crippen LogP contribution in [0.5, 0.6) is 0 Å². The van der Waals surface area contributed by atoms with Crippen LogP contribution >= 0.6 is 0 Å². The molecule has 0 unspecified atom stereocenters. The lowest BCUT2D eigenvalue weighted by molar-refractivity contribution is 0.0517. The zero-order valence-corrected chi connectivity index (χ0v) is 15.0. The summed E-state index contributed by atoms with van der Waals surface area (Å²) in [5, 5.41) is 4.52. The van der Waals surface area contributed by atoms with Gasteiger partial charge in [0.1, 0.15) is 5.82 Å². The number of hydrogen-bond acceptors (Lipinski definition) is 3. The zero-order valence-electron chi connectivity index (χ0n) is 15.0. The summed E-state index contributed by atoms with van der Waals surface area (Å²) in [6, 6.07) is 16.1. The summed E-state index contributed by atoms with van der Waals surface area (Å²) in [5.41, 5.74) is 5.03. The van der Waals surface area contributed by atoms with E-state index in [0.29, 0.717) is 18.0 Å². The van der Waals surface area contributed by atoms with Gasteiger partial charge in [-0.05, 0) is 61.2 Å². The molecule has 0 radical (unpaired) electrons. The molecule has 0 bridgehead atoms. The maximum atomic E-state index is 13.4. The van der Waals surface area contributed by atoms with Crippen LogP contribution in [0.3, 0.4) is 0 Å². The minimum atomic E-state index is -0.421. The van der Waals surface area contributed by atoms with Crippen LogP contribution in [-0.2, 0) is 11.2 Å². The molecule has 0 N–H and O–H groups in total. The van der Waals surface area contributed by atoms with E-state index in [1.165, 1.54) is 12.1 Å². The molecule has 5 heteroatoms. The number of nitrogens with zero attached hydrogens (tertiary/aromatic N) is 2. The molecule has 2 aromatic carbocycles. The molecule has 0 fully saturated rings. The van der Waals surface area contributed by atoms with Crippen LogP contribution in [0.25, 0.3) is 17.3 Å². The minimum Gasteiger partial charge on any atom is -0.461 e. The van der Waals surface area contributed by atoms with Gasteiger partial charge in [0.15, 0.2) is 5.69 Å². The summed E-state index contributed by atoms with van der Waals surface area (Å²) < 4.78 is 20.3. The first kappa shape index (κ1) is 17.2. The maximum Gasteiger partial charge on any atom is 0.359 e. The van der Waals surface area contributed by atoms with Crippen LogP contribution in [0, 0.1) is 5.82 Å². The lowest BCUT2D eigenvalue weighted by atomic mass is 10.1. The van der Waals surface area contributed by atoms with Gasteiger partial charge in [-0.3, -0.25) is 0 Å². The van der Waals surface area contributed by atoms with Gasteiger partial charge in [0.25, 0.3) is 0 Å². The van der Waals surface area contributed by atoms with Gasteiger partial charge in [0.05, 0.1) is 18.0 Å². The van der Waals surface area contributed by atoms with Crippen LogP contribution in [0.2, 0.25) is 0 Å². The second-order valence-electron chi connectivity index (χ2n) is 6.36. The number of rotatable bonds is 4. The summed E-state index contributed by atoms with van der Waals surface area (Å²) in [7, 11) is 0. The number of fused-ring (bicyclic) bond motifs is 1. The van der Waals surface area contributed by atoms with E-state index in [1.54, 1.807) is 23.7 Å². The van der Waals surface area contributed by atoms with Gasteiger partial charge in [0, 0.05) is 5.56 Å². The largest absolute Gasteiger partial charge is 0.461 e. The number of benzene rings is 2. The molecule has 136 valence electrons. The van der Waals surface area contributed by atoms with Gasteiger partial charge < -0.3 is 4.74 Å². The van der Waals surface area contributed by atoms with Gasteiger partial charge in [-0.15, -0.1) is 0 Å². The van der Waals surface area contributed by atoms with Crippen molar-refractivity contribution in [1.82, 2.24) is 9.78 Å². The molecule has 0 saturated heterocycles. The molecular weight excluding hydrogens is 343 g/mol. The smallest absolute Gasteiger partial charge is 0.359 e. The first-order valence-corrected chi connectivity index (χ1v) is 8.98. The third kappa shape index (κ3) is 3.28. The van der Waals surface area contributed by atoms with Gasteiger partial charge in [-0.2, -0.15) is 5.10 Å². The molecule has 1 heterocycles. The first-order valence-electron chi connectivity index (χ1n) is 8.98. The Labute approximate surface area is 156 Å². The molecule has 1 aliphatic carbocycles. The predicted octanol–water partition coefficient (Wildman–Crippen LogP) is 4.67. The summed E-state index contributed by atoms with van der Waals surface area (Å²) in [6.07, 6.45) is 3.65. The van der Waals surface area contributed by atoms with Crippen molar-refractivity contribution in [2.24, 2.45) is 0 Å². The first-order chi connectivity index (χ1) is 13.2. The highest BCUT2D eigenvalue weighted by molar-refractivity contribution is 5.94. The summed E-state index contributed by atoms with van der Waals surface area (Å²) in [4.78, 5) is 12.4. The van der Waals surface area contributed by atoms with Crippen molar-refractivity contribution in [2.45, 2.75) is 19.8 Å². The Morgan fingerprint density at radius 2 is 1.89 bits per heavy atom. The Morgan fingerprint density at radius 3 is 2.59 bits per heavy atom. The molecule has 0 atom stereocenters.